The van der Waals surface area contributed by atoms with E-state index in [0.29, 0.717) is 24.4 Å². The van der Waals surface area contributed by atoms with Gasteiger partial charge in [-0.15, -0.1) is 0 Å². The molecule has 1 amide bonds. The van der Waals surface area contributed by atoms with Crippen LogP contribution in [0.5, 0.6) is 0 Å². The van der Waals surface area contributed by atoms with Crippen LogP contribution in [0.15, 0.2) is 66.9 Å². The largest absolute Gasteiger partial charge is 0.356 e. The molecule has 31 heavy (non-hydrogen) atoms. The maximum Gasteiger partial charge on any atom is 0.220 e. The van der Waals surface area contributed by atoms with Gasteiger partial charge in [-0.2, -0.15) is 0 Å². The zero-order valence-corrected chi connectivity index (χ0v) is 18.6. The molecule has 0 unspecified atom stereocenters. The van der Waals surface area contributed by atoms with Crippen LogP contribution in [0.1, 0.15) is 31.0 Å². The first-order chi connectivity index (χ1) is 15.0. The van der Waals surface area contributed by atoms with Gasteiger partial charge in [-0.25, -0.2) is 4.98 Å². The van der Waals surface area contributed by atoms with E-state index < -0.39 is 0 Å². The minimum atomic E-state index is 0.0636. The molecule has 2 heterocycles. The quantitative estimate of drug-likeness (QED) is 0.385. The second kappa shape index (κ2) is 9.36. The topological polar surface area (TPSA) is 46.4 Å². The van der Waals surface area contributed by atoms with Crippen molar-refractivity contribution >= 4 is 23.2 Å². The molecule has 0 fully saturated rings. The van der Waals surface area contributed by atoms with Crippen LogP contribution in [0.4, 0.5) is 0 Å². The number of rotatable bonds is 7. The number of nitrogens with one attached hydrogen (secondary N) is 1. The van der Waals surface area contributed by atoms with Crippen molar-refractivity contribution in [1.82, 2.24) is 14.7 Å². The monoisotopic (exact) mass is 431 g/mol. The fraction of sp³-hybridized carbons (Fsp3) is 0.231. The summed E-state index contributed by atoms with van der Waals surface area (Å²) >= 11 is 6.09. The Bertz CT molecular complexity index is 1210. The molecule has 2 aromatic heterocycles. The number of aryl methyl sites for hydroxylation is 2. The van der Waals surface area contributed by atoms with E-state index >= 15 is 0 Å². The summed E-state index contributed by atoms with van der Waals surface area (Å²) in [6.07, 6.45) is 4.07. The van der Waals surface area contributed by atoms with E-state index in [9.17, 15) is 4.79 Å². The maximum atomic E-state index is 12.3. The lowest BCUT2D eigenvalue weighted by atomic mass is 10.0. The predicted molar refractivity (Wildman–Crippen MR) is 127 cm³/mol. The number of pyridine rings is 1. The summed E-state index contributed by atoms with van der Waals surface area (Å²) in [4.78, 5) is 17.2. The van der Waals surface area contributed by atoms with Crippen LogP contribution in [0.3, 0.4) is 0 Å². The Morgan fingerprint density at radius 1 is 1.03 bits per heavy atom. The average Bonchev–Trinajstić information content (AvgIpc) is 3.14. The van der Waals surface area contributed by atoms with Crippen LogP contribution in [-0.4, -0.2) is 21.8 Å². The van der Waals surface area contributed by atoms with Crippen LogP contribution in [-0.2, 0) is 11.2 Å². The molecule has 0 aliphatic rings. The Kier molecular flexibility index (Phi) is 6.38. The molecule has 0 spiro atoms. The molecule has 0 radical (unpaired) electrons. The zero-order chi connectivity index (χ0) is 21.8. The third kappa shape index (κ3) is 4.80. The van der Waals surface area contributed by atoms with E-state index in [4.69, 9.17) is 16.6 Å². The van der Waals surface area contributed by atoms with Crippen molar-refractivity contribution in [3.8, 4) is 22.4 Å². The van der Waals surface area contributed by atoms with E-state index in [-0.39, 0.29) is 5.91 Å². The molecular weight excluding hydrogens is 406 g/mol. The highest BCUT2D eigenvalue weighted by Gasteiger charge is 2.16. The number of carbonyl (C=O) groups is 1. The van der Waals surface area contributed by atoms with E-state index in [1.165, 1.54) is 5.56 Å². The van der Waals surface area contributed by atoms with Crippen LogP contribution < -0.4 is 5.32 Å². The summed E-state index contributed by atoms with van der Waals surface area (Å²) < 4.78 is 2.12. The average molecular weight is 432 g/mol. The van der Waals surface area contributed by atoms with Gasteiger partial charge in [0.25, 0.3) is 0 Å². The highest BCUT2D eigenvalue weighted by molar-refractivity contribution is 6.30. The molecule has 4 rings (SSSR count). The minimum Gasteiger partial charge on any atom is -0.356 e. The molecule has 0 aliphatic carbocycles. The molecule has 0 aliphatic heterocycles. The van der Waals surface area contributed by atoms with Crippen LogP contribution in [0, 0.1) is 6.92 Å². The van der Waals surface area contributed by atoms with Crippen molar-refractivity contribution in [3.05, 3.63) is 83.1 Å². The number of imidazole rings is 1. The van der Waals surface area contributed by atoms with Gasteiger partial charge in [-0.05, 0) is 55.2 Å². The highest BCUT2D eigenvalue weighted by atomic mass is 35.5. The number of nitrogens with zero attached hydrogens (tertiary/aromatic N) is 2. The predicted octanol–water partition coefficient (Wildman–Crippen LogP) is 6.09. The standard InChI is InChI=1S/C26H26ClN3O/c1-3-15-28-25(31)14-12-23-26(19-7-10-22(27)11-8-19)29-24-13-9-21(17-30(23)24)20-6-4-5-18(2)16-20/h4-11,13,16-17H,3,12,14-15H2,1-2H3,(H,28,31). The first-order valence-electron chi connectivity index (χ1n) is 10.7. The van der Waals surface area contributed by atoms with Crippen molar-refractivity contribution in [1.29, 1.82) is 0 Å². The summed E-state index contributed by atoms with van der Waals surface area (Å²) in [6, 6.07) is 20.3. The number of benzene rings is 2. The summed E-state index contributed by atoms with van der Waals surface area (Å²) in [7, 11) is 0. The van der Waals surface area contributed by atoms with Gasteiger partial charge in [0.1, 0.15) is 5.65 Å². The van der Waals surface area contributed by atoms with E-state index in [2.05, 4.69) is 60.1 Å². The van der Waals surface area contributed by atoms with E-state index in [0.717, 1.165) is 40.1 Å². The first-order valence-corrected chi connectivity index (χ1v) is 11.0. The third-order valence-corrected chi connectivity index (χ3v) is 5.60. The Morgan fingerprint density at radius 3 is 2.55 bits per heavy atom. The molecule has 4 aromatic rings. The second-order valence-corrected chi connectivity index (χ2v) is 8.22. The summed E-state index contributed by atoms with van der Waals surface area (Å²) in [5.74, 6) is 0.0636. The fourth-order valence-electron chi connectivity index (χ4n) is 3.75. The number of hydrogen-bond acceptors (Lipinski definition) is 2. The van der Waals surface area contributed by atoms with Gasteiger partial charge in [-0.3, -0.25) is 4.79 Å². The van der Waals surface area contributed by atoms with E-state index in [1.807, 2.05) is 30.3 Å². The molecule has 0 saturated heterocycles. The van der Waals surface area contributed by atoms with Crippen molar-refractivity contribution in [2.75, 3.05) is 6.54 Å². The first kappa shape index (κ1) is 21.1. The van der Waals surface area contributed by atoms with Gasteiger partial charge >= 0.3 is 0 Å². The molecule has 2 aromatic carbocycles. The number of aromatic nitrogens is 2. The normalized spacial score (nSPS) is 11.1. The Labute approximate surface area is 187 Å². The lowest BCUT2D eigenvalue weighted by Gasteiger charge is -2.09. The Balaban J connectivity index is 1.78. The van der Waals surface area contributed by atoms with Crippen molar-refractivity contribution in [3.63, 3.8) is 0 Å². The van der Waals surface area contributed by atoms with Crippen LogP contribution >= 0.6 is 11.6 Å². The van der Waals surface area contributed by atoms with Gasteiger partial charge in [0.2, 0.25) is 5.91 Å². The summed E-state index contributed by atoms with van der Waals surface area (Å²) in [5, 5.41) is 3.66. The SMILES string of the molecule is CCCNC(=O)CCc1c(-c2ccc(Cl)cc2)nc2ccc(-c3cccc(C)c3)cn12. The molecule has 158 valence electrons. The smallest absolute Gasteiger partial charge is 0.220 e. The van der Waals surface area contributed by atoms with Crippen molar-refractivity contribution in [2.24, 2.45) is 0 Å². The number of fused-ring (bicyclic) bond motifs is 1. The summed E-state index contributed by atoms with van der Waals surface area (Å²) in [5.41, 5.74) is 7.28. The lowest BCUT2D eigenvalue weighted by Crippen LogP contribution is -2.24. The van der Waals surface area contributed by atoms with Gasteiger partial charge in [0.15, 0.2) is 0 Å². The van der Waals surface area contributed by atoms with Gasteiger partial charge in [-0.1, -0.05) is 60.5 Å². The molecule has 4 nitrogen and oxygen atoms in total. The molecule has 5 heteroatoms. The van der Waals surface area contributed by atoms with Gasteiger partial charge < -0.3 is 9.72 Å². The number of carbonyl (C=O) groups excluding carboxylic acids is 1. The number of amides is 1. The summed E-state index contributed by atoms with van der Waals surface area (Å²) in [6.45, 7) is 4.85. The second-order valence-electron chi connectivity index (χ2n) is 7.78. The van der Waals surface area contributed by atoms with Crippen molar-refractivity contribution in [2.45, 2.75) is 33.1 Å². The van der Waals surface area contributed by atoms with Crippen molar-refractivity contribution < 1.29 is 4.79 Å². The molecule has 0 bridgehead atoms. The van der Waals surface area contributed by atoms with Crippen LogP contribution in [0.25, 0.3) is 28.0 Å². The van der Waals surface area contributed by atoms with Gasteiger partial charge in [0, 0.05) is 29.7 Å². The molecule has 1 N–H and O–H groups in total. The Hall–Kier alpha value is -3.11. The van der Waals surface area contributed by atoms with E-state index in [1.54, 1.807) is 0 Å². The zero-order valence-electron chi connectivity index (χ0n) is 17.9. The molecular formula is C26H26ClN3O. The lowest BCUT2D eigenvalue weighted by molar-refractivity contribution is -0.121. The fourth-order valence-corrected chi connectivity index (χ4v) is 3.88. The number of halogens is 1. The maximum absolute atomic E-state index is 12.3. The molecule has 0 atom stereocenters. The Morgan fingerprint density at radius 2 is 1.81 bits per heavy atom. The number of hydrogen-bond donors (Lipinski definition) is 1. The van der Waals surface area contributed by atoms with Gasteiger partial charge in [0.05, 0.1) is 11.4 Å². The molecule has 0 saturated carbocycles. The third-order valence-electron chi connectivity index (χ3n) is 5.35. The minimum absolute atomic E-state index is 0.0636. The van der Waals surface area contributed by atoms with Crippen LogP contribution in [0.2, 0.25) is 5.02 Å². The highest BCUT2D eigenvalue weighted by Crippen LogP contribution is 2.29.